The highest BCUT2D eigenvalue weighted by molar-refractivity contribution is 5.86. The number of carboxylic acids is 1. The van der Waals surface area contributed by atoms with Crippen molar-refractivity contribution in [1.29, 1.82) is 0 Å². The van der Waals surface area contributed by atoms with Crippen LogP contribution in [0.3, 0.4) is 0 Å². The molecule has 2 unspecified atom stereocenters. The van der Waals surface area contributed by atoms with Gasteiger partial charge in [-0.25, -0.2) is 9.59 Å². The number of nitrogens with zero attached hydrogens (tertiary/aromatic N) is 1. The highest BCUT2D eigenvalue weighted by atomic mass is 16.4. The summed E-state index contributed by atoms with van der Waals surface area (Å²) in [6, 6.07) is 0. The Balaban J connectivity index is 2.29. The maximum absolute atomic E-state index is 11.7. The van der Waals surface area contributed by atoms with E-state index < -0.39 is 17.2 Å². The Kier molecular flexibility index (Phi) is 3.87. The Bertz CT molecular complexity index is 587. The van der Waals surface area contributed by atoms with Gasteiger partial charge in [0.15, 0.2) is 0 Å². The topological polar surface area (TPSA) is 92.2 Å². The third kappa shape index (κ3) is 2.94. The van der Waals surface area contributed by atoms with Gasteiger partial charge < -0.3 is 5.11 Å². The second-order valence-electron chi connectivity index (χ2n) is 5.28. The van der Waals surface area contributed by atoms with Gasteiger partial charge in [-0.05, 0) is 18.3 Å². The van der Waals surface area contributed by atoms with E-state index in [-0.39, 0.29) is 5.56 Å². The first-order valence-electron chi connectivity index (χ1n) is 6.56. The van der Waals surface area contributed by atoms with Gasteiger partial charge in [-0.1, -0.05) is 26.2 Å². The van der Waals surface area contributed by atoms with E-state index in [2.05, 4.69) is 11.9 Å². The summed E-state index contributed by atoms with van der Waals surface area (Å²) in [6.45, 7) is 2.62. The summed E-state index contributed by atoms with van der Waals surface area (Å²) in [5, 5.41) is 8.90. The van der Waals surface area contributed by atoms with E-state index in [1.807, 2.05) is 0 Å². The van der Waals surface area contributed by atoms with E-state index in [0.717, 1.165) is 25.5 Å². The van der Waals surface area contributed by atoms with Crippen molar-refractivity contribution in [2.75, 3.05) is 0 Å². The van der Waals surface area contributed by atoms with Crippen molar-refractivity contribution >= 4 is 5.97 Å². The van der Waals surface area contributed by atoms with Crippen LogP contribution in [0, 0.1) is 11.8 Å². The molecule has 0 spiro atoms. The van der Waals surface area contributed by atoms with Gasteiger partial charge in [0.2, 0.25) is 0 Å². The van der Waals surface area contributed by atoms with Crippen molar-refractivity contribution in [2.24, 2.45) is 11.8 Å². The first kappa shape index (κ1) is 13.6. The number of carboxylic acid groups (broad SMARTS) is 1. The molecule has 1 aliphatic carbocycles. The molecule has 1 fully saturated rings. The average Bonchev–Trinajstić information content (AvgIpc) is 2.34. The van der Waals surface area contributed by atoms with Gasteiger partial charge in [0, 0.05) is 12.7 Å². The molecule has 1 aromatic rings. The van der Waals surface area contributed by atoms with E-state index in [1.54, 1.807) is 0 Å². The molecule has 0 aliphatic heterocycles. The number of carbonyl (C=O) groups is 1. The molecule has 0 amide bonds. The minimum Gasteiger partial charge on any atom is -0.477 e. The summed E-state index contributed by atoms with van der Waals surface area (Å²) in [5.74, 6) is -0.438. The van der Waals surface area contributed by atoms with Crippen LogP contribution in [0.25, 0.3) is 0 Å². The SMILES string of the molecule is CC1CCCCC1Cn1cc(C(=O)O)c(=O)[nH]c1=O. The normalized spacial score (nSPS) is 23.2. The summed E-state index contributed by atoms with van der Waals surface area (Å²) in [5.41, 5.74) is -1.76. The van der Waals surface area contributed by atoms with Crippen molar-refractivity contribution in [3.63, 3.8) is 0 Å². The number of aromatic carboxylic acids is 1. The highest BCUT2D eigenvalue weighted by Crippen LogP contribution is 2.30. The minimum atomic E-state index is -1.31. The van der Waals surface area contributed by atoms with Crippen LogP contribution in [0.15, 0.2) is 15.8 Å². The number of rotatable bonds is 3. The van der Waals surface area contributed by atoms with E-state index in [1.165, 1.54) is 11.0 Å². The van der Waals surface area contributed by atoms with Gasteiger partial charge in [-0.3, -0.25) is 14.3 Å². The zero-order valence-corrected chi connectivity index (χ0v) is 10.9. The summed E-state index contributed by atoms with van der Waals surface area (Å²) >= 11 is 0. The molecule has 2 atom stereocenters. The molecule has 104 valence electrons. The zero-order valence-electron chi connectivity index (χ0n) is 10.9. The van der Waals surface area contributed by atoms with Gasteiger partial charge >= 0.3 is 11.7 Å². The monoisotopic (exact) mass is 266 g/mol. The van der Waals surface area contributed by atoms with E-state index >= 15 is 0 Å². The second kappa shape index (κ2) is 5.42. The fourth-order valence-corrected chi connectivity index (χ4v) is 2.71. The molecule has 19 heavy (non-hydrogen) atoms. The zero-order chi connectivity index (χ0) is 14.0. The van der Waals surface area contributed by atoms with Crippen LogP contribution in [0.4, 0.5) is 0 Å². The predicted octanol–water partition coefficient (Wildman–Crippen LogP) is 1.06. The van der Waals surface area contributed by atoms with Crippen molar-refractivity contribution in [2.45, 2.75) is 39.2 Å². The lowest BCUT2D eigenvalue weighted by Gasteiger charge is -2.29. The van der Waals surface area contributed by atoms with Gasteiger partial charge in [0.05, 0.1) is 0 Å². The molecule has 1 saturated carbocycles. The predicted molar refractivity (Wildman–Crippen MR) is 69.4 cm³/mol. The number of nitrogens with one attached hydrogen (secondary N) is 1. The molecule has 0 saturated heterocycles. The van der Waals surface area contributed by atoms with Crippen LogP contribution in [0.5, 0.6) is 0 Å². The number of aromatic nitrogens is 2. The fraction of sp³-hybridized carbons (Fsp3) is 0.615. The highest BCUT2D eigenvalue weighted by Gasteiger charge is 2.22. The second-order valence-corrected chi connectivity index (χ2v) is 5.28. The summed E-state index contributed by atoms with van der Waals surface area (Å²) in [7, 11) is 0. The maximum Gasteiger partial charge on any atom is 0.342 e. The molecular formula is C13H18N2O4. The van der Waals surface area contributed by atoms with Crippen LogP contribution < -0.4 is 11.2 Å². The van der Waals surface area contributed by atoms with E-state index in [9.17, 15) is 14.4 Å². The summed E-state index contributed by atoms with van der Waals surface area (Å²) in [4.78, 5) is 36.0. The lowest BCUT2D eigenvalue weighted by atomic mass is 9.80. The quantitative estimate of drug-likeness (QED) is 0.855. The number of hydrogen-bond donors (Lipinski definition) is 2. The third-order valence-electron chi connectivity index (χ3n) is 3.96. The van der Waals surface area contributed by atoms with Crippen molar-refractivity contribution in [1.82, 2.24) is 9.55 Å². The van der Waals surface area contributed by atoms with Crippen LogP contribution in [0.2, 0.25) is 0 Å². The Hall–Kier alpha value is -1.85. The smallest absolute Gasteiger partial charge is 0.342 e. The summed E-state index contributed by atoms with van der Waals surface area (Å²) in [6.07, 6.45) is 5.67. The lowest BCUT2D eigenvalue weighted by Crippen LogP contribution is -2.36. The van der Waals surface area contributed by atoms with E-state index in [0.29, 0.717) is 18.4 Å². The Morgan fingerprint density at radius 1 is 1.42 bits per heavy atom. The van der Waals surface area contributed by atoms with Crippen molar-refractivity contribution in [3.8, 4) is 0 Å². The molecule has 0 bridgehead atoms. The maximum atomic E-state index is 11.7. The molecule has 1 aromatic heterocycles. The van der Waals surface area contributed by atoms with Crippen LogP contribution in [-0.4, -0.2) is 20.6 Å². The van der Waals surface area contributed by atoms with Crippen LogP contribution >= 0.6 is 0 Å². The molecule has 6 nitrogen and oxygen atoms in total. The summed E-state index contributed by atoms with van der Waals surface area (Å²) < 4.78 is 1.32. The van der Waals surface area contributed by atoms with Crippen LogP contribution in [0.1, 0.15) is 43.0 Å². The molecular weight excluding hydrogens is 248 g/mol. The first-order valence-corrected chi connectivity index (χ1v) is 6.56. The first-order chi connectivity index (χ1) is 8.99. The molecule has 6 heteroatoms. The Morgan fingerprint density at radius 3 is 2.74 bits per heavy atom. The van der Waals surface area contributed by atoms with Crippen LogP contribution in [-0.2, 0) is 6.54 Å². The molecule has 0 aromatic carbocycles. The van der Waals surface area contributed by atoms with Crippen molar-refractivity contribution < 1.29 is 9.90 Å². The number of aromatic amines is 1. The van der Waals surface area contributed by atoms with Gasteiger partial charge in [-0.15, -0.1) is 0 Å². The average molecular weight is 266 g/mol. The Labute approximate surface area is 110 Å². The number of hydrogen-bond acceptors (Lipinski definition) is 3. The lowest BCUT2D eigenvalue weighted by molar-refractivity contribution is 0.0693. The fourth-order valence-electron chi connectivity index (χ4n) is 2.71. The largest absolute Gasteiger partial charge is 0.477 e. The van der Waals surface area contributed by atoms with Gasteiger partial charge in [0.1, 0.15) is 5.56 Å². The van der Waals surface area contributed by atoms with E-state index in [4.69, 9.17) is 5.11 Å². The molecule has 2 rings (SSSR count). The third-order valence-corrected chi connectivity index (χ3v) is 3.96. The molecule has 1 heterocycles. The molecule has 1 aliphatic rings. The van der Waals surface area contributed by atoms with Crippen molar-refractivity contribution in [3.05, 3.63) is 32.6 Å². The molecule has 2 N–H and O–H groups in total. The number of H-pyrrole nitrogens is 1. The Morgan fingerprint density at radius 2 is 2.11 bits per heavy atom. The molecule has 0 radical (unpaired) electrons. The minimum absolute atomic E-state index is 0.360. The standard InChI is InChI=1S/C13H18N2O4/c1-8-4-2-3-5-9(8)6-15-7-10(12(17)18)11(16)14-13(15)19/h7-9H,2-6H2,1H3,(H,17,18)(H,14,16,19). The van der Waals surface area contributed by atoms with Gasteiger partial charge in [-0.2, -0.15) is 0 Å². The van der Waals surface area contributed by atoms with Gasteiger partial charge in [0.25, 0.3) is 5.56 Å².